The predicted molar refractivity (Wildman–Crippen MR) is 163 cm³/mol. The fourth-order valence-electron chi connectivity index (χ4n) is 5.08. The summed E-state index contributed by atoms with van der Waals surface area (Å²) < 4.78 is 85.7. The van der Waals surface area contributed by atoms with Crippen molar-refractivity contribution in [3.8, 4) is 28.6 Å². The summed E-state index contributed by atoms with van der Waals surface area (Å²) >= 11 is 0. The molecule has 0 radical (unpaired) electrons. The molecule has 0 aliphatic carbocycles. The van der Waals surface area contributed by atoms with Gasteiger partial charge in [0.2, 0.25) is 15.8 Å². The van der Waals surface area contributed by atoms with Crippen LogP contribution < -0.4 is 19.3 Å². The van der Waals surface area contributed by atoms with Gasteiger partial charge in [0, 0.05) is 5.56 Å². The molecule has 1 aromatic heterocycles. The molecule has 0 aliphatic rings. The van der Waals surface area contributed by atoms with Gasteiger partial charge in [-0.3, -0.25) is 0 Å². The maximum Gasteiger partial charge on any atom is 0.417 e. The van der Waals surface area contributed by atoms with Gasteiger partial charge in [0.15, 0.2) is 0 Å². The third-order valence-corrected chi connectivity index (χ3v) is 8.32. The van der Waals surface area contributed by atoms with Crippen LogP contribution in [0.1, 0.15) is 33.4 Å². The molecule has 10 nitrogen and oxygen atoms in total. The van der Waals surface area contributed by atoms with Gasteiger partial charge >= 0.3 is 6.18 Å². The molecule has 14 heteroatoms. The van der Waals surface area contributed by atoms with Gasteiger partial charge in [0.05, 0.1) is 33.4 Å². The lowest BCUT2D eigenvalue weighted by Crippen LogP contribution is -2.22. The minimum atomic E-state index is -5.08. The van der Waals surface area contributed by atoms with Crippen molar-refractivity contribution < 1.29 is 35.8 Å². The van der Waals surface area contributed by atoms with Crippen molar-refractivity contribution in [1.29, 1.82) is 0 Å². The molecule has 0 spiro atoms. The summed E-state index contributed by atoms with van der Waals surface area (Å²) in [6.45, 7) is 0.104. The number of sulfonamides is 1. The standard InChI is InChI=1S/C32H30F3N5O5S/c1-43-24-10-4-20(5-11-24)16-23-18-28(32(33,34)35)30(46(36,41)42)29(27(23)17-21-6-12-25(44-2)13-7-21)31-37-39-40(38-31)19-22-8-14-26(45-3)15-9-22/h4-15,18H,16-17,19H2,1-3H3,(H2,36,41,42). The Bertz CT molecular complexity index is 1930. The van der Waals surface area contributed by atoms with Gasteiger partial charge in [0.1, 0.15) is 22.1 Å². The van der Waals surface area contributed by atoms with E-state index in [0.717, 1.165) is 11.6 Å². The third kappa shape index (κ3) is 7.29. The number of nitrogens with zero attached hydrogens (tertiary/aromatic N) is 4. The maximum absolute atomic E-state index is 14.7. The van der Waals surface area contributed by atoms with Crippen LogP contribution in [0.3, 0.4) is 0 Å². The lowest BCUT2D eigenvalue weighted by atomic mass is 9.88. The van der Waals surface area contributed by atoms with Gasteiger partial charge in [0.25, 0.3) is 0 Å². The molecular formula is C32H30F3N5O5S. The highest BCUT2D eigenvalue weighted by Gasteiger charge is 2.41. The molecule has 0 atom stereocenters. The number of benzene rings is 4. The van der Waals surface area contributed by atoms with Gasteiger partial charge in [-0.1, -0.05) is 36.4 Å². The quantitative estimate of drug-likeness (QED) is 0.204. The lowest BCUT2D eigenvalue weighted by Gasteiger charge is -2.22. The Kier molecular flexibility index (Phi) is 9.30. The van der Waals surface area contributed by atoms with E-state index in [1.807, 2.05) is 0 Å². The number of alkyl halides is 3. The Balaban J connectivity index is 1.74. The second-order valence-electron chi connectivity index (χ2n) is 10.3. The first-order chi connectivity index (χ1) is 21.9. The summed E-state index contributed by atoms with van der Waals surface area (Å²) in [5.74, 6) is 1.46. The molecule has 0 fully saturated rings. The van der Waals surface area contributed by atoms with Crippen LogP contribution in [0.4, 0.5) is 13.2 Å². The number of aromatic nitrogens is 4. The predicted octanol–water partition coefficient (Wildman–Crippen LogP) is 5.26. The van der Waals surface area contributed by atoms with Crippen LogP contribution in [0.25, 0.3) is 11.4 Å². The van der Waals surface area contributed by atoms with E-state index in [1.165, 1.54) is 26.1 Å². The van der Waals surface area contributed by atoms with Gasteiger partial charge in [-0.05, 0) is 88.3 Å². The van der Waals surface area contributed by atoms with Crippen LogP contribution in [0, 0.1) is 0 Å². The Morgan fingerprint density at radius 2 is 1.24 bits per heavy atom. The van der Waals surface area contributed by atoms with E-state index in [1.54, 1.807) is 72.8 Å². The molecule has 1 heterocycles. The number of rotatable bonds is 11. The summed E-state index contributed by atoms with van der Waals surface area (Å²) in [4.78, 5) is 0.0518. The van der Waals surface area contributed by atoms with Gasteiger partial charge in [-0.25, -0.2) is 13.6 Å². The molecule has 4 aromatic carbocycles. The van der Waals surface area contributed by atoms with E-state index in [-0.39, 0.29) is 41.9 Å². The monoisotopic (exact) mass is 653 g/mol. The number of halogens is 3. The summed E-state index contributed by atoms with van der Waals surface area (Å²) in [6.07, 6.45) is -5.03. The number of primary sulfonamides is 1. The van der Waals surface area contributed by atoms with Crippen LogP contribution >= 0.6 is 0 Å². The fourth-order valence-corrected chi connectivity index (χ4v) is 6.06. The molecule has 5 aromatic rings. The zero-order valence-electron chi connectivity index (χ0n) is 25.1. The minimum Gasteiger partial charge on any atom is -0.497 e. The Labute approximate surface area is 263 Å². The second kappa shape index (κ2) is 13.2. The zero-order chi connectivity index (χ0) is 33.1. The number of hydrogen-bond donors (Lipinski definition) is 1. The number of hydrogen-bond acceptors (Lipinski definition) is 8. The van der Waals surface area contributed by atoms with Crippen molar-refractivity contribution in [3.05, 3.63) is 112 Å². The van der Waals surface area contributed by atoms with Crippen molar-refractivity contribution >= 4 is 10.0 Å². The normalized spacial score (nSPS) is 11.8. The average molecular weight is 654 g/mol. The minimum absolute atomic E-state index is 0.0243. The lowest BCUT2D eigenvalue weighted by molar-refractivity contribution is -0.139. The topological polar surface area (TPSA) is 131 Å². The molecule has 0 aliphatic heterocycles. The first kappa shape index (κ1) is 32.4. The Morgan fingerprint density at radius 1 is 0.761 bits per heavy atom. The highest BCUT2D eigenvalue weighted by atomic mass is 32.2. The molecule has 0 saturated heterocycles. The number of methoxy groups -OCH3 is 3. The molecule has 46 heavy (non-hydrogen) atoms. The van der Waals surface area contributed by atoms with Crippen molar-refractivity contribution in [2.45, 2.75) is 30.5 Å². The summed E-state index contributed by atoms with van der Waals surface area (Å²) in [5.41, 5.74) is 0.763. The van der Waals surface area contributed by atoms with Crippen LogP contribution in [-0.2, 0) is 35.6 Å². The van der Waals surface area contributed by atoms with Gasteiger partial charge in [-0.2, -0.15) is 18.0 Å². The first-order valence-electron chi connectivity index (χ1n) is 13.8. The van der Waals surface area contributed by atoms with E-state index in [4.69, 9.17) is 19.3 Å². The smallest absolute Gasteiger partial charge is 0.417 e. The fraction of sp³-hybridized carbons (Fsp3) is 0.219. The summed E-state index contributed by atoms with van der Waals surface area (Å²) in [7, 11) is -0.418. The number of ether oxygens (including phenoxy) is 3. The molecule has 0 bridgehead atoms. The van der Waals surface area contributed by atoms with Crippen molar-refractivity contribution in [2.24, 2.45) is 5.14 Å². The van der Waals surface area contributed by atoms with Crippen molar-refractivity contribution in [3.63, 3.8) is 0 Å². The zero-order valence-corrected chi connectivity index (χ0v) is 25.9. The summed E-state index contributed by atoms with van der Waals surface area (Å²) in [5, 5.41) is 18.0. The van der Waals surface area contributed by atoms with E-state index >= 15 is 0 Å². The van der Waals surface area contributed by atoms with Crippen molar-refractivity contribution in [1.82, 2.24) is 20.2 Å². The second-order valence-corrected chi connectivity index (χ2v) is 11.8. The van der Waals surface area contributed by atoms with E-state index in [0.29, 0.717) is 28.4 Å². The largest absolute Gasteiger partial charge is 0.497 e. The molecule has 5 rings (SSSR count). The van der Waals surface area contributed by atoms with Crippen molar-refractivity contribution in [2.75, 3.05) is 21.3 Å². The highest BCUT2D eigenvalue weighted by Crippen LogP contribution is 2.43. The molecule has 2 N–H and O–H groups in total. The number of nitrogens with two attached hydrogens (primary N) is 1. The van der Waals surface area contributed by atoms with Crippen LogP contribution in [0.15, 0.2) is 83.8 Å². The maximum atomic E-state index is 14.7. The molecule has 0 amide bonds. The van der Waals surface area contributed by atoms with Crippen LogP contribution in [-0.4, -0.2) is 50.0 Å². The van der Waals surface area contributed by atoms with Gasteiger partial charge in [-0.15, -0.1) is 10.2 Å². The van der Waals surface area contributed by atoms with Crippen LogP contribution in [0.2, 0.25) is 0 Å². The van der Waals surface area contributed by atoms with Gasteiger partial charge < -0.3 is 14.2 Å². The summed E-state index contributed by atoms with van der Waals surface area (Å²) in [6, 6.07) is 21.5. The van der Waals surface area contributed by atoms with E-state index in [2.05, 4.69) is 15.4 Å². The van der Waals surface area contributed by atoms with Crippen LogP contribution in [0.5, 0.6) is 17.2 Å². The number of tetrazole rings is 1. The Hall–Kier alpha value is -4.95. The molecule has 0 saturated carbocycles. The Morgan fingerprint density at radius 3 is 1.70 bits per heavy atom. The average Bonchev–Trinajstić information content (AvgIpc) is 3.49. The molecular weight excluding hydrogens is 623 g/mol. The molecule has 240 valence electrons. The van der Waals surface area contributed by atoms with E-state index < -0.39 is 26.7 Å². The first-order valence-corrected chi connectivity index (χ1v) is 15.4. The SMILES string of the molecule is COc1ccc(Cc2cc(C(F)(F)F)c(S(N)(=O)=O)c(-c3nnn(Cc4ccc(OC)cc4)n3)c2Cc2ccc(OC)cc2)cc1. The molecule has 0 unspecified atom stereocenters. The third-order valence-electron chi connectivity index (χ3n) is 7.32. The highest BCUT2D eigenvalue weighted by molar-refractivity contribution is 7.89. The van der Waals surface area contributed by atoms with E-state index in [9.17, 15) is 21.6 Å².